The van der Waals surface area contributed by atoms with Gasteiger partial charge in [0.05, 0.1) is 0 Å². The molecule has 0 aromatic heterocycles. The lowest BCUT2D eigenvalue weighted by molar-refractivity contribution is 0.0950. The van der Waals surface area contributed by atoms with Gasteiger partial charge in [-0.1, -0.05) is 137 Å². The average Bonchev–Trinajstić information content (AvgIpc) is 3.97. The summed E-state index contributed by atoms with van der Waals surface area (Å²) in [6.07, 6.45) is 28.6. The van der Waals surface area contributed by atoms with Crippen molar-refractivity contribution in [2.45, 2.75) is 92.3 Å². The molecule has 2 aromatic rings. The first kappa shape index (κ1) is 51.1. The number of anilines is 2. The molecule has 7 rings (SSSR count). The van der Waals surface area contributed by atoms with Crippen LogP contribution < -0.4 is 9.80 Å². The summed E-state index contributed by atoms with van der Waals surface area (Å²) in [6, 6.07) is 32.8. The average molecular weight is 947 g/mol. The lowest BCUT2D eigenvalue weighted by atomic mass is 9.75. The molecule has 5 aliphatic rings. The van der Waals surface area contributed by atoms with Gasteiger partial charge >= 0.3 is 0 Å². The van der Waals surface area contributed by atoms with Crippen molar-refractivity contribution in [3.05, 3.63) is 212 Å². The maximum absolute atomic E-state index is 10.1. The Morgan fingerprint density at radius 3 is 1.24 bits per heavy atom. The van der Waals surface area contributed by atoms with Crippen molar-refractivity contribution >= 4 is 11.4 Å². The zero-order valence-electron chi connectivity index (χ0n) is 42.3. The van der Waals surface area contributed by atoms with Crippen molar-refractivity contribution in [3.63, 3.8) is 0 Å². The molecular formula is C62H58N8O2. The summed E-state index contributed by atoms with van der Waals surface area (Å²) in [7, 11) is 0. The van der Waals surface area contributed by atoms with Crippen LogP contribution in [-0.4, -0.2) is 24.3 Å². The number of rotatable bonds is 10. The first-order valence-corrected chi connectivity index (χ1v) is 24.0. The lowest BCUT2D eigenvalue weighted by Gasteiger charge is -2.31. The van der Waals surface area contributed by atoms with Gasteiger partial charge in [0.25, 0.3) is 0 Å². The van der Waals surface area contributed by atoms with Crippen LogP contribution in [-0.2, 0) is 9.47 Å². The molecule has 3 aliphatic heterocycles. The summed E-state index contributed by atoms with van der Waals surface area (Å²) in [5, 5.41) is 58.4. The van der Waals surface area contributed by atoms with Crippen molar-refractivity contribution in [1.82, 2.24) is 0 Å². The van der Waals surface area contributed by atoms with Crippen LogP contribution in [0.15, 0.2) is 212 Å². The van der Waals surface area contributed by atoms with E-state index in [2.05, 4.69) is 147 Å². The highest BCUT2D eigenvalue weighted by molar-refractivity contribution is 5.68. The second-order valence-electron chi connectivity index (χ2n) is 21.0. The maximum atomic E-state index is 10.1. The van der Waals surface area contributed by atoms with Gasteiger partial charge in [-0.05, 0) is 111 Å². The predicted molar refractivity (Wildman–Crippen MR) is 282 cm³/mol. The number of nitriles is 6. The fourth-order valence-corrected chi connectivity index (χ4v) is 10.1. The molecule has 1 saturated heterocycles. The highest BCUT2D eigenvalue weighted by Gasteiger charge is 2.40. The van der Waals surface area contributed by atoms with E-state index in [0.29, 0.717) is 11.1 Å². The van der Waals surface area contributed by atoms with E-state index in [1.807, 2.05) is 88.4 Å². The van der Waals surface area contributed by atoms with Gasteiger partial charge in [-0.2, -0.15) is 31.6 Å². The van der Waals surface area contributed by atoms with E-state index in [0.717, 1.165) is 72.7 Å². The van der Waals surface area contributed by atoms with Crippen LogP contribution >= 0.6 is 0 Å². The van der Waals surface area contributed by atoms with Crippen molar-refractivity contribution in [2.24, 2.45) is 10.8 Å². The van der Waals surface area contributed by atoms with E-state index in [1.165, 1.54) is 11.1 Å². The fraction of sp³-hybridized carbons (Fsp3) is 0.290. The number of ether oxygens (including phenoxy) is 2. The molecule has 0 saturated carbocycles. The molecule has 3 heterocycles. The normalized spacial score (nSPS) is 21.1. The SMILES string of the molecule is CC1(C)CC(/C=C/C(/C=C/C2=CC(=C/C=C/C3=C(C#N)C(=C(C#N)C#N)OC3(C)C)/CC(C)(C)C2)=C2N(c3ccccc3)CCN2c2ccccc2)=CC(=C/C=C/C2=C(C#N)C(=C(C#N)C#N)OC2(C)C)/C1. The maximum Gasteiger partial charge on any atom is 0.172 e. The first-order valence-electron chi connectivity index (χ1n) is 24.0. The van der Waals surface area contributed by atoms with Crippen LogP contribution in [0.2, 0.25) is 0 Å². The molecule has 0 amide bonds. The zero-order valence-corrected chi connectivity index (χ0v) is 42.3. The van der Waals surface area contributed by atoms with Crippen molar-refractivity contribution in [2.75, 3.05) is 22.9 Å². The van der Waals surface area contributed by atoms with Gasteiger partial charge in [-0.15, -0.1) is 0 Å². The third-order valence-corrected chi connectivity index (χ3v) is 13.2. The second-order valence-corrected chi connectivity index (χ2v) is 21.0. The summed E-state index contributed by atoms with van der Waals surface area (Å²) >= 11 is 0. The quantitative estimate of drug-likeness (QED) is 0.209. The third kappa shape index (κ3) is 11.3. The van der Waals surface area contributed by atoms with Crippen LogP contribution in [0.3, 0.4) is 0 Å². The van der Waals surface area contributed by atoms with Crippen LogP contribution in [0.1, 0.15) is 81.1 Å². The Hall–Kier alpha value is -8.80. The standard InChI is InChI=1S/C62H58N8O2/c1-59(2)33-43(17-15-23-54-52(41-67)56(48(37-63)38-64)71-61(54,5)6)31-45(35-59)25-27-47(58-69(50-19-11-9-12-20-50)29-30-70(58)51-21-13-10-14-22-51)28-26-46-32-44(34-60(3,4)36-46)18-16-24-55-53(42-68)57(49(39-65)40-66)72-62(55,7)8/h9-28,31-32H,29-30,33-36H2,1-8H3/b23-15+,24-16+,27-25+,28-26+,43-17-,44-18-. The highest BCUT2D eigenvalue weighted by Crippen LogP contribution is 2.44. The van der Waals surface area contributed by atoms with E-state index < -0.39 is 11.2 Å². The minimum atomic E-state index is -0.905. The fourth-order valence-electron chi connectivity index (χ4n) is 10.1. The van der Waals surface area contributed by atoms with E-state index in [4.69, 9.17) is 9.47 Å². The zero-order chi connectivity index (χ0) is 51.8. The number of allylic oxidation sites excluding steroid dienone is 19. The Morgan fingerprint density at radius 2 is 0.889 bits per heavy atom. The van der Waals surface area contributed by atoms with Crippen LogP contribution in [0.5, 0.6) is 0 Å². The van der Waals surface area contributed by atoms with Crippen molar-refractivity contribution in [3.8, 4) is 36.4 Å². The van der Waals surface area contributed by atoms with Gasteiger partial charge in [0, 0.05) is 41.2 Å². The van der Waals surface area contributed by atoms with E-state index in [1.54, 1.807) is 0 Å². The third-order valence-electron chi connectivity index (χ3n) is 13.2. The number of benzene rings is 2. The Labute approximate surface area is 425 Å². The Morgan fingerprint density at radius 1 is 0.514 bits per heavy atom. The summed E-state index contributed by atoms with van der Waals surface area (Å²) < 4.78 is 12.0. The Bertz CT molecular complexity index is 2990. The molecule has 358 valence electrons. The largest absolute Gasteiger partial charge is 0.480 e. The van der Waals surface area contributed by atoms with Crippen molar-refractivity contribution < 1.29 is 9.47 Å². The molecule has 2 aromatic carbocycles. The van der Waals surface area contributed by atoms with Gasteiger partial charge in [-0.25, -0.2) is 0 Å². The highest BCUT2D eigenvalue weighted by atomic mass is 16.5. The molecule has 0 spiro atoms. The molecule has 0 N–H and O–H groups in total. The van der Waals surface area contributed by atoms with Gasteiger partial charge in [0.2, 0.25) is 0 Å². The topological polar surface area (TPSA) is 168 Å². The molecule has 0 bridgehead atoms. The number of para-hydroxylation sites is 2. The molecule has 72 heavy (non-hydrogen) atoms. The van der Waals surface area contributed by atoms with Gasteiger partial charge in [-0.3, -0.25) is 0 Å². The molecule has 2 aliphatic carbocycles. The Kier molecular flexibility index (Phi) is 14.9. The predicted octanol–water partition coefficient (Wildman–Crippen LogP) is 13.7. The summed E-state index contributed by atoms with van der Waals surface area (Å²) in [5.74, 6) is 1.12. The smallest absolute Gasteiger partial charge is 0.172 e. The minimum Gasteiger partial charge on any atom is -0.480 e. The van der Waals surface area contributed by atoms with E-state index in [9.17, 15) is 31.6 Å². The molecular weight excluding hydrogens is 889 g/mol. The number of hydrogen-bond donors (Lipinski definition) is 0. The van der Waals surface area contributed by atoms with Crippen molar-refractivity contribution in [1.29, 1.82) is 31.6 Å². The summed E-state index contributed by atoms with van der Waals surface area (Å²) in [5.41, 5.74) is 7.08. The molecule has 10 heteroatoms. The van der Waals surface area contributed by atoms with Gasteiger partial charge in [0.1, 0.15) is 64.6 Å². The van der Waals surface area contributed by atoms with Crippen LogP contribution in [0.25, 0.3) is 0 Å². The van der Waals surface area contributed by atoms with Crippen LogP contribution in [0.4, 0.5) is 11.4 Å². The minimum absolute atomic E-state index is 0.0212. The summed E-state index contributed by atoms with van der Waals surface area (Å²) in [6.45, 7) is 18.0. The second kappa shape index (κ2) is 21.1. The van der Waals surface area contributed by atoms with Gasteiger partial charge in [0.15, 0.2) is 22.7 Å². The lowest BCUT2D eigenvalue weighted by Crippen LogP contribution is -2.24. The molecule has 0 unspecified atom stereocenters. The molecule has 1 fully saturated rings. The monoisotopic (exact) mass is 946 g/mol. The van der Waals surface area contributed by atoms with E-state index >= 15 is 0 Å². The molecule has 10 nitrogen and oxygen atoms in total. The van der Waals surface area contributed by atoms with E-state index in [-0.39, 0.29) is 44.6 Å². The van der Waals surface area contributed by atoms with Crippen LogP contribution in [0, 0.1) is 78.8 Å². The number of hydrogen-bond acceptors (Lipinski definition) is 10. The molecule has 0 atom stereocenters. The summed E-state index contributed by atoms with van der Waals surface area (Å²) in [4.78, 5) is 4.79. The van der Waals surface area contributed by atoms with Gasteiger partial charge < -0.3 is 19.3 Å². The number of nitrogens with zero attached hydrogens (tertiary/aromatic N) is 8. The first-order chi connectivity index (χ1) is 34.4. The molecule has 0 radical (unpaired) electrons. The Balaban J connectivity index is 1.31.